The Morgan fingerprint density at radius 2 is 1.90 bits per heavy atom. The molecule has 1 unspecified atom stereocenters. The highest BCUT2D eigenvalue weighted by atomic mass is 127. The number of nitrogens with one attached hydrogen (secondary N) is 1. The lowest BCUT2D eigenvalue weighted by Crippen LogP contribution is -2.44. The Kier molecular flexibility index (Phi) is 6.59. The number of halogens is 1. The zero-order chi connectivity index (χ0) is 21.2. The summed E-state index contributed by atoms with van der Waals surface area (Å²) in [7, 11) is -2.13. The van der Waals surface area contributed by atoms with Gasteiger partial charge in [0.05, 0.1) is 15.6 Å². The molecule has 0 saturated carbocycles. The number of methoxy groups -OCH3 is 1. The number of amides is 1. The lowest BCUT2D eigenvalue weighted by atomic mass is 10.1. The van der Waals surface area contributed by atoms with Gasteiger partial charge in [-0.25, -0.2) is 8.42 Å². The minimum Gasteiger partial charge on any atom is -0.496 e. The minimum atomic E-state index is -3.69. The van der Waals surface area contributed by atoms with Crippen molar-refractivity contribution in [3.8, 4) is 5.75 Å². The summed E-state index contributed by atoms with van der Waals surface area (Å²) in [6.07, 6.45) is 0.465. The summed E-state index contributed by atoms with van der Waals surface area (Å²) in [5.74, 6) is 0.463. The lowest BCUT2D eigenvalue weighted by Gasteiger charge is -2.31. The van der Waals surface area contributed by atoms with E-state index in [4.69, 9.17) is 4.74 Å². The van der Waals surface area contributed by atoms with Gasteiger partial charge in [-0.15, -0.1) is 0 Å². The van der Waals surface area contributed by atoms with Crippen LogP contribution in [0.1, 0.15) is 30.1 Å². The molecule has 0 aromatic heterocycles. The summed E-state index contributed by atoms with van der Waals surface area (Å²) >= 11 is 2.09. The van der Waals surface area contributed by atoms with Crippen molar-refractivity contribution in [3.63, 3.8) is 0 Å². The highest BCUT2D eigenvalue weighted by Crippen LogP contribution is 2.25. The molecule has 7 nitrogen and oxygen atoms in total. The predicted molar refractivity (Wildman–Crippen MR) is 118 cm³/mol. The molecule has 154 valence electrons. The first-order chi connectivity index (χ1) is 13.7. The first-order valence-electron chi connectivity index (χ1n) is 9.01. The molecule has 0 radical (unpaired) electrons. The molecule has 1 heterocycles. The molecule has 1 N–H and O–H groups in total. The summed E-state index contributed by atoms with van der Waals surface area (Å²) in [5, 5.41) is 2.76. The van der Waals surface area contributed by atoms with E-state index in [1.54, 1.807) is 44.4 Å². The van der Waals surface area contributed by atoms with Gasteiger partial charge in [0.15, 0.2) is 0 Å². The van der Waals surface area contributed by atoms with Crippen molar-refractivity contribution in [3.05, 3.63) is 51.6 Å². The molecular formula is C20H21IN2O5S. The van der Waals surface area contributed by atoms with E-state index >= 15 is 0 Å². The van der Waals surface area contributed by atoms with Gasteiger partial charge in [-0.3, -0.25) is 9.59 Å². The summed E-state index contributed by atoms with van der Waals surface area (Å²) in [4.78, 5) is 24.1. The van der Waals surface area contributed by atoms with E-state index in [0.29, 0.717) is 17.0 Å². The number of piperidine rings is 1. The molecule has 1 saturated heterocycles. The first-order valence-corrected chi connectivity index (χ1v) is 11.5. The van der Waals surface area contributed by atoms with Crippen LogP contribution < -0.4 is 10.1 Å². The van der Waals surface area contributed by atoms with Crippen molar-refractivity contribution in [2.75, 3.05) is 19.0 Å². The summed E-state index contributed by atoms with van der Waals surface area (Å²) in [5.41, 5.74) is 0.959. The summed E-state index contributed by atoms with van der Waals surface area (Å²) in [6.45, 7) is 1.93. The van der Waals surface area contributed by atoms with Gasteiger partial charge < -0.3 is 10.1 Å². The van der Waals surface area contributed by atoms with Crippen LogP contribution in [0.2, 0.25) is 0 Å². The van der Waals surface area contributed by atoms with E-state index in [-0.39, 0.29) is 42.0 Å². The van der Waals surface area contributed by atoms with Crippen LogP contribution in [-0.4, -0.2) is 44.1 Å². The average Bonchev–Trinajstić information content (AvgIpc) is 2.68. The normalized spacial score (nSPS) is 17.8. The highest BCUT2D eigenvalue weighted by molar-refractivity contribution is 14.1. The second-order valence-corrected chi connectivity index (χ2v) is 9.84. The Morgan fingerprint density at radius 1 is 1.21 bits per heavy atom. The third kappa shape index (κ3) is 4.78. The van der Waals surface area contributed by atoms with Crippen molar-refractivity contribution in [1.29, 1.82) is 0 Å². The van der Waals surface area contributed by atoms with Gasteiger partial charge in [0, 0.05) is 36.7 Å². The SMILES string of the molecule is COc1ccc(C(=O)Nc2ccc(S(=O)(=O)N3CCC(=O)CC3C)cc2)cc1I. The van der Waals surface area contributed by atoms with Crippen LogP contribution in [0.15, 0.2) is 47.4 Å². The molecule has 1 atom stereocenters. The van der Waals surface area contributed by atoms with Crippen LogP contribution in [0.25, 0.3) is 0 Å². The van der Waals surface area contributed by atoms with E-state index in [0.717, 1.165) is 3.57 Å². The second-order valence-electron chi connectivity index (χ2n) is 6.79. The van der Waals surface area contributed by atoms with Crippen molar-refractivity contribution in [2.45, 2.75) is 30.7 Å². The maximum absolute atomic E-state index is 12.9. The largest absolute Gasteiger partial charge is 0.496 e. The monoisotopic (exact) mass is 528 g/mol. The molecule has 0 aliphatic carbocycles. The number of hydrogen-bond donors (Lipinski definition) is 1. The van der Waals surface area contributed by atoms with Gasteiger partial charge in [-0.2, -0.15) is 4.31 Å². The molecule has 9 heteroatoms. The number of Topliss-reactive ketones (excluding diaryl/α,β-unsaturated/α-hetero) is 1. The van der Waals surface area contributed by atoms with Crippen molar-refractivity contribution >= 4 is 50.0 Å². The number of sulfonamides is 1. The number of carbonyl (C=O) groups excluding carboxylic acids is 2. The Hall–Kier alpha value is -1.98. The number of nitrogens with zero attached hydrogens (tertiary/aromatic N) is 1. The zero-order valence-corrected chi connectivity index (χ0v) is 19.0. The molecular weight excluding hydrogens is 507 g/mol. The van der Waals surface area contributed by atoms with Gasteiger partial charge in [0.2, 0.25) is 10.0 Å². The van der Waals surface area contributed by atoms with E-state index in [9.17, 15) is 18.0 Å². The minimum absolute atomic E-state index is 0.0789. The molecule has 1 amide bonds. The van der Waals surface area contributed by atoms with E-state index in [2.05, 4.69) is 27.9 Å². The number of ether oxygens (including phenoxy) is 1. The number of carbonyl (C=O) groups is 2. The van der Waals surface area contributed by atoms with Crippen LogP contribution in [0, 0.1) is 3.57 Å². The molecule has 2 aromatic carbocycles. The number of benzene rings is 2. The van der Waals surface area contributed by atoms with Crippen LogP contribution >= 0.6 is 22.6 Å². The number of rotatable bonds is 5. The van der Waals surface area contributed by atoms with E-state index in [1.807, 2.05) is 0 Å². The molecule has 3 rings (SSSR count). The lowest BCUT2D eigenvalue weighted by molar-refractivity contribution is -0.121. The topological polar surface area (TPSA) is 92.8 Å². The second kappa shape index (κ2) is 8.80. The maximum atomic E-state index is 12.9. The zero-order valence-electron chi connectivity index (χ0n) is 16.0. The van der Waals surface area contributed by atoms with Crippen LogP contribution in [-0.2, 0) is 14.8 Å². The van der Waals surface area contributed by atoms with Crippen LogP contribution in [0.3, 0.4) is 0 Å². The van der Waals surface area contributed by atoms with Crippen molar-refractivity contribution in [2.24, 2.45) is 0 Å². The number of hydrogen-bond acceptors (Lipinski definition) is 5. The van der Waals surface area contributed by atoms with Crippen LogP contribution in [0.4, 0.5) is 5.69 Å². The standard InChI is InChI=1S/C20H21IN2O5S/c1-13-11-16(24)9-10-23(13)29(26,27)17-6-4-15(5-7-17)22-20(25)14-3-8-19(28-2)18(21)12-14/h3-8,12-13H,9-11H2,1-2H3,(H,22,25). The molecule has 0 bridgehead atoms. The van der Waals surface area contributed by atoms with Gasteiger partial charge in [0.1, 0.15) is 11.5 Å². The Bertz CT molecular complexity index is 1040. The van der Waals surface area contributed by atoms with Crippen molar-refractivity contribution < 1.29 is 22.7 Å². The Balaban J connectivity index is 1.73. The molecule has 1 fully saturated rings. The van der Waals surface area contributed by atoms with Crippen molar-refractivity contribution in [1.82, 2.24) is 4.31 Å². The smallest absolute Gasteiger partial charge is 0.255 e. The highest BCUT2D eigenvalue weighted by Gasteiger charge is 2.33. The third-order valence-corrected chi connectivity index (χ3v) is 7.63. The summed E-state index contributed by atoms with van der Waals surface area (Å²) < 4.78 is 33.1. The van der Waals surface area contributed by atoms with Gasteiger partial charge >= 0.3 is 0 Å². The molecule has 1 aliphatic rings. The quantitative estimate of drug-likeness (QED) is 0.602. The maximum Gasteiger partial charge on any atom is 0.255 e. The molecule has 2 aromatic rings. The Labute approximate surface area is 183 Å². The average molecular weight is 528 g/mol. The van der Waals surface area contributed by atoms with Crippen LogP contribution in [0.5, 0.6) is 5.75 Å². The predicted octanol–water partition coefficient (Wildman–Crippen LogP) is 3.29. The Morgan fingerprint density at radius 3 is 2.48 bits per heavy atom. The van der Waals surface area contributed by atoms with Gasteiger partial charge in [-0.1, -0.05) is 0 Å². The summed E-state index contributed by atoms with van der Waals surface area (Å²) in [6, 6.07) is 10.8. The van der Waals surface area contributed by atoms with E-state index in [1.165, 1.54) is 16.4 Å². The molecule has 0 spiro atoms. The fraction of sp³-hybridized carbons (Fsp3) is 0.300. The number of ketones is 1. The number of anilines is 1. The third-order valence-electron chi connectivity index (χ3n) is 4.76. The van der Waals surface area contributed by atoms with E-state index < -0.39 is 10.0 Å². The fourth-order valence-corrected chi connectivity index (χ4v) is 5.57. The van der Waals surface area contributed by atoms with Gasteiger partial charge in [0.25, 0.3) is 5.91 Å². The fourth-order valence-electron chi connectivity index (χ4n) is 3.20. The molecule has 1 aliphatic heterocycles. The first kappa shape index (κ1) is 21.7. The molecule has 29 heavy (non-hydrogen) atoms. The van der Waals surface area contributed by atoms with Gasteiger partial charge in [-0.05, 0) is 72.0 Å².